The molecule has 6 heteroatoms. The van der Waals surface area contributed by atoms with Gasteiger partial charge >= 0.3 is 0 Å². The van der Waals surface area contributed by atoms with Crippen molar-refractivity contribution in [1.29, 1.82) is 0 Å². The summed E-state index contributed by atoms with van der Waals surface area (Å²) < 4.78 is 12.1. The fourth-order valence-corrected chi connectivity index (χ4v) is 3.08. The zero-order chi connectivity index (χ0) is 16.2. The Balaban J connectivity index is 1.69. The summed E-state index contributed by atoms with van der Waals surface area (Å²) >= 11 is 1.58. The van der Waals surface area contributed by atoms with Gasteiger partial charge in [0.05, 0.1) is 11.8 Å². The lowest BCUT2D eigenvalue weighted by Gasteiger charge is -2.06. The third kappa shape index (κ3) is 3.60. The van der Waals surface area contributed by atoms with Crippen molar-refractivity contribution in [2.24, 2.45) is 0 Å². The van der Waals surface area contributed by atoms with Gasteiger partial charge in [-0.25, -0.2) is 4.98 Å². The van der Waals surface area contributed by atoms with Crippen LogP contribution in [0.1, 0.15) is 11.9 Å². The Morgan fingerprint density at radius 3 is 2.70 bits per heavy atom. The number of para-hydroxylation sites is 1. The van der Waals surface area contributed by atoms with E-state index in [0.717, 1.165) is 32.4 Å². The Kier molecular flexibility index (Phi) is 4.43. The maximum Gasteiger partial charge on any atom is 0.221 e. The van der Waals surface area contributed by atoms with Crippen LogP contribution < -0.4 is 14.8 Å². The largest absolute Gasteiger partial charge is 0.494 e. The minimum absolute atomic E-state index is 0.0953. The van der Waals surface area contributed by atoms with E-state index in [2.05, 4.69) is 10.3 Å². The van der Waals surface area contributed by atoms with Gasteiger partial charge in [0, 0.05) is 12.6 Å². The van der Waals surface area contributed by atoms with Crippen LogP contribution in [0.3, 0.4) is 0 Å². The van der Waals surface area contributed by atoms with Crippen LogP contribution >= 0.6 is 11.3 Å². The highest BCUT2D eigenvalue weighted by atomic mass is 32.1. The first-order valence-corrected chi connectivity index (χ1v) is 7.90. The number of anilines is 1. The molecule has 0 atom stereocenters. The molecule has 3 aromatic rings. The minimum atomic E-state index is -0.0953. The van der Waals surface area contributed by atoms with Crippen LogP contribution in [0.4, 0.5) is 5.69 Å². The molecule has 0 saturated heterocycles. The SMILES string of the molecule is COc1cccc2sc(COc3ccc(NC(C)=O)cc3)nc12. The summed E-state index contributed by atoms with van der Waals surface area (Å²) in [6, 6.07) is 13.1. The van der Waals surface area contributed by atoms with Gasteiger partial charge in [0.2, 0.25) is 5.91 Å². The second-order valence-corrected chi connectivity index (χ2v) is 6.02. The van der Waals surface area contributed by atoms with Crippen molar-refractivity contribution in [2.75, 3.05) is 12.4 Å². The molecule has 0 fully saturated rings. The van der Waals surface area contributed by atoms with Crippen molar-refractivity contribution in [1.82, 2.24) is 4.98 Å². The monoisotopic (exact) mass is 328 g/mol. The number of nitrogens with zero attached hydrogens (tertiary/aromatic N) is 1. The summed E-state index contributed by atoms with van der Waals surface area (Å²) in [6.07, 6.45) is 0. The first-order valence-electron chi connectivity index (χ1n) is 7.08. The number of ether oxygens (including phenoxy) is 2. The third-order valence-corrected chi connectivity index (χ3v) is 4.18. The van der Waals surface area contributed by atoms with Crippen LogP contribution in [-0.4, -0.2) is 18.0 Å². The second-order valence-electron chi connectivity index (χ2n) is 4.91. The van der Waals surface area contributed by atoms with Crippen molar-refractivity contribution in [3.05, 3.63) is 47.5 Å². The van der Waals surface area contributed by atoms with Crippen LogP contribution in [0.15, 0.2) is 42.5 Å². The Morgan fingerprint density at radius 2 is 2.00 bits per heavy atom. The van der Waals surface area contributed by atoms with Crippen molar-refractivity contribution < 1.29 is 14.3 Å². The van der Waals surface area contributed by atoms with Crippen LogP contribution in [0, 0.1) is 0 Å². The number of carbonyl (C=O) groups excluding carboxylic acids is 1. The summed E-state index contributed by atoms with van der Waals surface area (Å²) in [4.78, 5) is 15.6. The van der Waals surface area contributed by atoms with E-state index in [9.17, 15) is 4.79 Å². The standard InChI is InChI=1S/C17H16N2O3S/c1-11(20)18-12-6-8-13(9-7-12)22-10-16-19-17-14(21-2)4-3-5-15(17)23-16/h3-9H,10H2,1-2H3,(H,18,20). The molecular weight excluding hydrogens is 312 g/mol. The summed E-state index contributed by atoms with van der Waals surface area (Å²) in [5, 5.41) is 3.60. The number of methoxy groups -OCH3 is 1. The highest BCUT2D eigenvalue weighted by molar-refractivity contribution is 7.18. The van der Waals surface area contributed by atoms with Crippen LogP contribution in [0.5, 0.6) is 11.5 Å². The van der Waals surface area contributed by atoms with Gasteiger partial charge in [-0.05, 0) is 36.4 Å². The van der Waals surface area contributed by atoms with Gasteiger partial charge in [0.25, 0.3) is 0 Å². The van der Waals surface area contributed by atoms with Crippen LogP contribution in [0.2, 0.25) is 0 Å². The zero-order valence-corrected chi connectivity index (χ0v) is 13.6. The lowest BCUT2D eigenvalue weighted by molar-refractivity contribution is -0.114. The molecule has 0 unspecified atom stereocenters. The molecule has 0 bridgehead atoms. The molecule has 1 N–H and O–H groups in total. The van der Waals surface area contributed by atoms with Gasteiger partial charge < -0.3 is 14.8 Å². The molecule has 1 heterocycles. The smallest absolute Gasteiger partial charge is 0.221 e. The molecular formula is C17H16N2O3S. The van der Waals surface area contributed by atoms with Crippen molar-refractivity contribution in [3.63, 3.8) is 0 Å². The van der Waals surface area contributed by atoms with Crippen molar-refractivity contribution in [2.45, 2.75) is 13.5 Å². The predicted octanol–water partition coefficient (Wildman–Crippen LogP) is 3.84. The number of thiazole rings is 1. The average Bonchev–Trinajstić information content (AvgIpc) is 2.96. The molecule has 0 radical (unpaired) electrons. The molecule has 0 saturated carbocycles. The zero-order valence-electron chi connectivity index (χ0n) is 12.8. The van der Waals surface area contributed by atoms with Crippen molar-refractivity contribution in [3.8, 4) is 11.5 Å². The van der Waals surface area contributed by atoms with Crippen molar-refractivity contribution >= 4 is 33.1 Å². The summed E-state index contributed by atoms with van der Waals surface area (Å²) in [7, 11) is 1.64. The molecule has 23 heavy (non-hydrogen) atoms. The topological polar surface area (TPSA) is 60.5 Å². The molecule has 1 aromatic heterocycles. The molecule has 3 rings (SSSR count). The lowest BCUT2D eigenvalue weighted by Crippen LogP contribution is -2.05. The summed E-state index contributed by atoms with van der Waals surface area (Å²) in [6.45, 7) is 1.87. The predicted molar refractivity (Wildman–Crippen MR) is 91.2 cm³/mol. The Labute approximate surface area is 137 Å². The first kappa shape index (κ1) is 15.3. The average molecular weight is 328 g/mol. The molecule has 0 aliphatic carbocycles. The van der Waals surface area contributed by atoms with Gasteiger partial charge in [0.1, 0.15) is 28.6 Å². The molecule has 0 spiro atoms. The molecule has 1 amide bonds. The van der Waals surface area contributed by atoms with E-state index in [1.54, 1.807) is 30.6 Å². The van der Waals surface area contributed by atoms with Gasteiger partial charge in [-0.15, -0.1) is 11.3 Å². The van der Waals surface area contributed by atoms with E-state index in [1.807, 2.05) is 30.3 Å². The van der Waals surface area contributed by atoms with E-state index in [4.69, 9.17) is 9.47 Å². The van der Waals surface area contributed by atoms with Crippen LogP contribution in [0.25, 0.3) is 10.2 Å². The van der Waals surface area contributed by atoms with Gasteiger partial charge in [-0.1, -0.05) is 6.07 Å². The molecule has 0 aliphatic heterocycles. The fraction of sp³-hybridized carbons (Fsp3) is 0.176. The van der Waals surface area contributed by atoms with E-state index in [0.29, 0.717) is 6.61 Å². The fourth-order valence-electron chi connectivity index (χ4n) is 2.18. The quantitative estimate of drug-likeness (QED) is 0.773. The molecule has 0 aliphatic rings. The Morgan fingerprint density at radius 1 is 1.22 bits per heavy atom. The van der Waals surface area contributed by atoms with Crippen LogP contribution in [-0.2, 0) is 11.4 Å². The number of aromatic nitrogens is 1. The molecule has 118 valence electrons. The summed E-state index contributed by atoms with van der Waals surface area (Å²) in [5.41, 5.74) is 1.61. The van der Waals surface area contributed by atoms with Gasteiger partial charge in [-0.2, -0.15) is 0 Å². The lowest BCUT2D eigenvalue weighted by atomic mass is 10.3. The molecule has 2 aromatic carbocycles. The van der Waals surface area contributed by atoms with Gasteiger partial charge in [0.15, 0.2) is 0 Å². The normalized spacial score (nSPS) is 10.5. The number of hydrogen-bond donors (Lipinski definition) is 1. The number of hydrogen-bond acceptors (Lipinski definition) is 5. The number of nitrogens with one attached hydrogen (secondary N) is 1. The highest BCUT2D eigenvalue weighted by Crippen LogP contribution is 2.30. The highest BCUT2D eigenvalue weighted by Gasteiger charge is 2.09. The number of rotatable bonds is 5. The Hall–Kier alpha value is -2.60. The van der Waals surface area contributed by atoms with E-state index in [1.165, 1.54) is 6.92 Å². The maximum absolute atomic E-state index is 11.0. The number of carbonyl (C=O) groups is 1. The number of amides is 1. The van der Waals surface area contributed by atoms with E-state index in [-0.39, 0.29) is 5.91 Å². The van der Waals surface area contributed by atoms with Gasteiger partial charge in [-0.3, -0.25) is 4.79 Å². The minimum Gasteiger partial charge on any atom is -0.494 e. The van der Waals surface area contributed by atoms with E-state index < -0.39 is 0 Å². The second kappa shape index (κ2) is 6.66. The first-order chi connectivity index (χ1) is 11.2. The maximum atomic E-state index is 11.0. The van der Waals surface area contributed by atoms with E-state index >= 15 is 0 Å². The molecule has 5 nitrogen and oxygen atoms in total. The summed E-state index contributed by atoms with van der Waals surface area (Å²) in [5.74, 6) is 1.40. The number of fused-ring (bicyclic) bond motifs is 1. The number of benzene rings is 2. The Bertz CT molecular complexity index is 827. The third-order valence-electron chi connectivity index (χ3n) is 3.18.